The first-order chi connectivity index (χ1) is 8.73. The van der Waals surface area contributed by atoms with Gasteiger partial charge in [0.05, 0.1) is 0 Å². The fraction of sp³-hybridized carbons (Fsp3) is 0.312. The predicted octanol–water partition coefficient (Wildman–Crippen LogP) is 2.38. The summed E-state index contributed by atoms with van der Waals surface area (Å²) in [5.74, 6) is 0.594. The van der Waals surface area contributed by atoms with Crippen LogP contribution in [0, 0.1) is 0 Å². The van der Waals surface area contributed by atoms with Gasteiger partial charge in [0.1, 0.15) is 5.41 Å². The molecule has 0 radical (unpaired) electrons. The zero-order valence-corrected chi connectivity index (χ0v) is 10.4. The SMILES string of the molecule is CN1CCC2=C[C@@H]3C=C[C@@]2(C1=O)c1ccccc13. The molecule has 5 rings (SSSR count). The van der Waals surface area contributed by atoms with Crippen molar-refractivity contribution in [1.29, 1.82) is 0 Å². The maximum absolute atomic E-state index is 12.7. The molecule has 2 atom stereocenters. The number of carbonyl (C=O) groups is 1. The molecule has 3 aliphatic carbocycles. The van der Waals surface area contributed by atoms with Gasteiger partial charge in [-0.3, -0.25) is 4.79 Å². The van der Waals surface area contributed by atoms with Gasteiger partial charge in [-0.1, -0.05) is 42.5 Å². The number of amides is 1. The Morgan fingerprint density at radius 2 is 2.17 bits per heavy atom. The number of likely N-dealkylation sites (tertiary alicyclic amines) is 1. The second kappa shape index (κ2) is 3.14. The molecule has 2 nitrogen and oxygen atoms in total. The summed E-state index contributed by atoms with van der Waals surface area (Å²) in [7, 11) is 1.91. The molecule has 0 N–H and O–H groups in total. The van der Waals surface area contributed by atoms with Crippen LogP contribution in [0.4, 0.5) is 0 Å². The Balaban J connectivity index is 2.03. The third-order valence-electron chi connectivity index (χ3n) is 4.59. The molecule has 4 aliphatic rings. The summed E-state index contributed by atoms with van der Waals surface area (Å²) in [5, 5.41) is 0. The minimum Gasteiger partial charge on any atom is -0.344 e. The number of carbonyl (C=O) groups excluding carboxylic acids is 1. The molecular weight excluding hydrogens is 222 g/mol. The fourth-order valence-corrected chi connectivity index (χ4v) is 3.66. The number of piperidine rings is 1. The highest BCUT2D eigenvalue weighted by Crippen LogP contribution is 2.52. The highest BCUT2D eigenvalue weighted by Gasteiger charge is 2.51. The molecule has 1 aliphatic heterocycles. The summed E-state index contributed by atoms with van der Waals surface area (Å²) >= 11 is 0. The average Bonchev–Trinajstić information content (AvgIpc) is 2.44. The highest BCUT2D eigenvalue weighted by atomic mass is 16.2. The first-order valence-electron chi connectivity index (χ1n) is 6.49. The van der Waals surface area contributed by atoms with Crippen LogP contribution in [0.2, 0.25) is 0 Å². The summed E-state index contributed by atoms with van der Waals surface area (Å²) in [6.45, 7) is 0.842. The first-order valence-corrected chi connectivity index (χ1v) is 6.49. The molecule has 2 bridgehead atoms. The Labute approximate surface area is 107 Å². The van der Waals surface area contributed by atoms with E-state index in [4.69, 9.17) is 0 Å². The van der Waals surface area contributed by atoms with Gasteiger partial charge in [0.15, 0.2) is 0 Å². The van der Waals surface area contributed by atoms with Gasteiger partial charge in [-0.05, 0) is 23.1 Å². The van der Waals surface area contributed by atoms with Crippen LogP contribution in [-0.2, 0) is 10.2 Å². The molecule has 1 spiro atoms. The molecular formula is C16H15NO. The summed E-state index contributed by atoms with van der Waals surface area (Å²) in [6, 6.07) is 8.38. The lowest BCUT2D eigenvalue weighted by molar-refractivity contribution is -0.134. The average molecular weight is 237 g/mol. The fourth-order valence-electron chi connectivity index (χ4n) is 3.66. The van der Waals surface area contributed by atoms with Crippen LogP contribution in [0.3, 0.4) is 0 Å². The van der Waals surface area contributed by atoms with Gasteiger partial charge in [-0.25, -0.2) is 0 Å². The van der Waals surface area contributed by atoms with Crippen LogP contribution in [0.5, 0.6) is 0 Å². The van der Waals surface area contributed by atoms with Crippen LogP contribution < -0.4 is 0 Å². The number of rotatable bonds is 0. The van der Waals surface area contributed by atoms with Gasteiger partial charge < -0.3 is 4.90 Å². The summed E-state index contributed by atoms with van der Waals surface area (Å²) in [5.41, 5.74) is 3.31. The molecule has 1 saturated heterocycles. The maximum Gasteiger partial charge on any atom is 0.241 e. The first kappa shape index (κ1) is 10.1. The van der Waals surface area contributed by atoms with Crippen molar-refractivity contribution in [2.24, 2.45) is 0 Å². The van der Waals surface area contributed by atoms with E-state index in [1.165, 1.54) is 16.7 Å². The maximum atomic E-state index is 12.7. The summed E-state index contributed by atoms with van der Waals surface area (Å²) < 4.78 is 0. The van der Waals surface area contributed by atoms with Gasteiger partial charge >= 0.3 is 0 Å². The van der Waals surface area contributed by atoms with Crippen molar-refractivity contribution < 1.29 is 4.79 Å². The predicted molar refractivity (Wildman–Crippen MR) is 70.3 cm³/mol. The standard InChI is InChI=1S/C16H15NO/c1-17-9-7-12-10-11-6-8-16(12,15(17)18)14-5-3-2-4-13(11)14/h2-6,8,10-11H,7,9H2,1H3/t11-,16-/m0/s1. The molecule has 1 aromatic rings. The second-order valence-electron chi connectivity index (χ2n) is 5.45. The summed E-state index contributed by atoms with van der Waals surface area (Å²) in [6.07, 6.45) is 7.61. The number of hydrogen-bond donors (Lipinski definition) is 0. The van der Waals surface area contributed by atoms with E-state index < -0.39 is 5.41 Å². The lowest BCUT2D eigenvalue weighted by Crippen LogP contribution is -2.53. The second-order valence-corrected chi connectivity index (χ2v) is 5.45. The molecule has 1 fully saturated rings. The molecule has 90 valence electrons. The molecule has 2 heteroatoms. The lowest BCUT2D eigenvalue weighted by Gasteiger charge is -2.47. The van der Waals surface area contributed by atoms with Crippen molar-refractivity contribution in [3.8, 4) is 0 Å². The summed E-state index contributed by atoms with van der Waals surface area (Å²) in [4.78, 5) is 14.6. The molecule has 1 amide bonds. The zero-order chi connectivity index (χ0) is 12.3. The van der Waals surface area contributed by atoms with Crippen LogP contribution in [-0.4, -0.2) is 24.4 Å². The number of nitrogens with zero attached hydrogens (tertiary/aromatic N) is 1. The van der Waals surface area contributed by atoms with Gasteiger partial charge in [0.2, 0.25) is 5.91 Å². The van der Waals surface area contributed by atoms with Gasteiger partial charge in [-0.2, -0.15) is 0 Å². The third kappa shape index (κ3) is 0.976. The zero-order valence-electron chi connectivity index (χ0n) is 10.4. The van der Waals surface area contributed by atoms with Crippen LogP contribution in [0.15, 0.2) is 48.1 Å². The smallest absolute Gasteiger partial charge is 0.241 e. The highest BCUT2D eigenvalue weighted by molar-refractivity contribution is 5.97. The van der Waals surface area contributed by atoms with Crippen molar-refractivity contribution in [1.82, 2.24) is 4.90 Å². The van der Waals surface area contributed by atoms with Crippen molar-refractivity contribution in [3.63, 3.8) is 0 Å². The Bertz CT molecular complexity index is 613. The lowest BCUT2D eigenvalue weighted by atomic mass is 9.59. The molecule has 0 unspecified atom stereocenters. The van der Waals surface area contributed by atoms with Crippen LogP contribution >= 0.6 is 0 Å². The van der Waals surface area contributed by atoms with Crippen molar-refractivity contribution in [2.45, 2.75) is 17.8 Å². The van der Waals surface area contributed by atoms with Gasteiger partial charge in [-0.15, -0.1) is 0 Å². The molecule has 1 aromatic carbocycles. The van der Waals surface area contributed by atoms with E-state index in [-0.39, 0.29) is 5.91 Å². The van der Waals surface area contributed by atoms with Crippen molar-refractivity contribution in [3.05, 3.63) is 59.2 Å². The molecule has 18 heavy (non-hydrogen) atoms. The van der Waals surface area contributed by atoms with Crippen molar-refractivity contribution >= 4 is 5.91 Å². The number of hydrogen-bond acceptors (Lipinski definition) is 1. The Kier molecular flexibility index (Phi) is 1.76. The number of likely N-dealkylation sites (N-methyl/N-ethyl adjacent to an activating group) is 1. The van der Waals surface area contributed by atoms with Gasteiger partial charge in [0, 0.05) is 19.5 Å². The van der Waals surface area contributed by atoms with E-state index in [9.17, 15) is 4.79 Å². The number of allylic oxidation sites excluding steroid dienone is 2. The Morgan fingerprint density at radius 1 is 1.33 bits per heavy atom. The van der Waals surface area contributed by atoms with Crippen LogP contribution in [0.25, 0.3) is 0 Å². The molecule has 0 saturated carbocycles. The van der Waals surface area contributed by atoms with Crippen LogP contribution in [0.1, 0.15) is 23.5 Å². The quantitative estimate of drug-likeness (QED) is 0.634. The number of benzene rings is 1. The van der Waals surface area contributed by atoms with Crippen molar-refractivity contribution in [2.75, 3.05) is 13.6 Å². The minimum atomic E-state index is -0.488. The van der Waals surface area contributed by atoms with E-state index in [1.807, 2.05) is 18.0 Å². The molecule has 1 heterocycles. The largest absolute Gasteiger partial charge is 0.344 e. The Hall–Kier alpha value is -1.83. The third-order valence-corrected chi connectivity index (χ3v) is 4.59. The van der Waals surface area contributed by atoms with E-state index in [0.717, 1.165) is 13.0 Å². The van der Waals surface area contributed by atoms with E-state index >= 15 is 0 Å². The van der Waals surface area contributed by atoms with E-state index in [0.29, 0.717) is 5.92 Å². The normalized spacial score (nSPS) is 32.1. The molecule has 0 aromatic heterocycles. The Morgan fingerprint density at radius 3 is 3.06 bits per heavy atom. The van der Waals surface area contributed by atoms with E-state index in [2.05, 4.69) is 36.4 Å². The monoisotopic (exact) mass is 237 g/mol. The van der Waals surface area contributed by atoms with E-state index in [1.54, 1.807) is 0 Å². The minimum absolute atomic E-state index is 0.224. The topological polar surface area (TPSA) is 20.3 Å². The van der Waals surface area contributed by atoms with Gasteiger partial charge in [0.25, 0.3) is 0 Å².